The number of carbonyl (C=O) groups excluding carboxylic acids is 1. The van der Waals surface area contributed by atoms with Gasteiger partial charge >= 0.3 is 0 Å². The van der Waals surface area contributed by atoms with Crippen LogP contribution in [0.25, 0.3) is 6.08 Å². The van der Waals surface area contributed by atoms with E-state index >= 15 is 0 Å². The Balaban J connectivity index is 1.74. The van der Waals surface area contributed by atoms with Gasteiger partial charge in [0.25, 0.3) is 5.91 Å². The number of hydrogen-bond acceptors (Lipinski definition) is 3. The molecule has 23 heavy (non-hydrogen) atoms. The lowest BCUT2D eigenvalue weighted by atomic mass is 10.1. The van der Waals surface area contributed by atoms with Crippen LogP contribution < -0.4 is 0 Å². The van der Waals surface area contributed by atoms with Gasteiger partial charge in [0.1, 0.15) is 4.32 Å². The van der Waals surface area contributed by atoms with Gasteiger partial charge in [0.05, 0.1) is 4.91 Å². The van der Waals surface area contributed by atoms with Crippen LogP contribution in [0.4, 0.5) is 0 Å². The molecule has 3 rings (SSSR count). The van der Waals surface area contributed by atoms with Crippen LogP contribution in [-0.2, 0) is 11.2 Å². The average Bonchev–Trinajstić information content (AvgIpc) is 2.82. The summed E-state index contributed by atoms with van der Waals surface area (Å²) in [6.07, 6.45) is 2.59. The van der Waals surface area contributed by atoms with Crippen molar-refractivity contribution in [1.29, 1.82) is 0 Å². The van der Waals surface area contributed by atoms with E-state index in [0.29, 0.717) is 20.8 Å². The first kappa shape index (κ1) is 16.2. The summed E-state index contributed by atoms with van der Waals surface area (Å²) in [7, 11) is 0. The second kappa shape index (κ2) is 7.30. The molecular weight excluding hydrogens is 346 g/mol. The zero-order chi connectivity index (χ0) is 16.2. The third-order valence-corrected chi connectivity index (χ3v) is 5.25. The second-order valence-electron chi connectivity index (χ2n) is 5.09. The third kappa shape index (κ3) is 3.83. The van der Waals surface area contributed by atoms with Gasteiger partial charge in [-0.25, -0.2) is 0 Å². The van der Waals surface area contributed by atoms with Crippen LogP contribution in [0, 0.1) is 0 Å². The van der Waals surface area contributed by atoms with Crippen molar-refractivity contribution in [2.75, 3.05) is 6.54 Å². The van der Waals surface area contributed by atoms with Crippen molar-refractivity contribution in [3.8, 4) is 0 Å². The van der Waals surface area contributed by atoms with E-state index in [1.54, 1.807) is 4.90 Å². The fourth-order valence-electron chi connectivity index (χ4n) is 2.31. The molecule has 0 spiro atoms. The molecule has 0 aromatic heterocycles. The quantitative estimate of drug-likeness (QED) is 0.578. The maximum absolute atomic E-state index is 12.6. The lowest BCUT2D eigenvalue weighted by Crippen LogP contribution is -2.30. The number of carbonyl (C=O) groups is 1. The SMILES string of the molecule is O=C1/C(=C/c2ccccc2Cl)SC(=S)N1CCc1ccccc1. The monoisotopic (exact) mass is 359 g/mol. The molecule has 1 aliphatic heterocycles. The zero-order valence-corrected chi connectivity index (χ0v) is 14.6. The standard InChI is InChI=1S/C18H14ClNOS2/c19-15-9-5-4-8-14(15)12-16-17(21)20(18(22)23-16)11-10-13-6-2-1-3-7-13/h1-9,12H,10-11H2/b16-12-. The van der Waals surface area contributed by atoms with E-state index in [1.807, 2.05) is 48.5 Å². The van der Waals surface area contributed by atoms with E-state index < -0.39 is 0 Å². The smallest absolute Gasteiger partial charge is 0.266 e. The van der Waals surface area contributed by atoms with E-state index in [1.165, 1.54) is 17.3 Å². The summed E-state index contributed by atoms with van der Waals surface area (Å²) in [6.45, 7) is 0.592. The number of benzene rings is 2. The summed E-state index contributed by atoms with van der Waals surface area (Å²) in [4.78, 5) is 14.8. The predicted molar refractivity (Wildman–Crippen MR) is 101 cm³/mol. The number of rotatable bonds is 4. The summed E-state index contributed by atoms with van der Waals surface area (Å²) >= 11 is 12.8. The van der Waals surface area contributed by atoms with Gasteiger partial charge in [0.15, 0.2) is 0 Å². The van der Waals surface area contributed by atoms with Crippen LogP contribution >= 0.6 is 35.6 Å². The van der Waals surface area contributed by atoms with Gasteiger partial charge in [-0.1, -0.05) is 84.1 Å². The Labute approximate surface area is 150 Å². The van der Waals surface area contributed by atoms with Crippen molar-refractivity contribution in [1.82, 2.24) is 4.90 Å². The van der Waals surface area contributed by atoms with Crippen LogP contribution in [-0.4, -0.2) is 21.7 Å². The highest BCUT2D eigenvalue weighted by atomic mass is 35.5. The van der Waals surface area contributed by atoms with Gasteiger partial charge in [-0.2, -0.15) is 0 Å². The summed E-state index contributed by atoms with van der Waals surface area (Å²) in [5.74, 6) is -0.0455. The Morgan fingerprint density at radius 3 is 2.52 bits per heavy atom. The van der Waals surface area contributed by atoms with Crippen molar-refractivity contribution < 1.29 is 4.79 Å². The lowest BCUT2D eigenvalue weighted by molar-refractivity contribution is -0.122. The van der Waals surface area contributed by atoms with Crippen molar-refractivity contribution in [3.63, 3.8) is 0 Å². The zero-order valence-electron chi connectivity index (χ0n) is 12.2. The van der Waals surface area contributed by atoms with Crippen molar-refractivity contribution in [2.45, 2.75) is 6.42 Å². The minimum Gasteiger partial charge on any atom is -0.293 e. The molecule has 1 saturated heterocycles. The molecule has 1 heterocycles. The summed E-state index contributed by atoms with van der Waals surface area (Å²) in [6, 6.07) is 17.5. The number of thioether (sulfide) groups is 1. The van der Waals surface area contributed by atoms with E-state index in [2.05, 4.69) is 12.1 Å². The van der Waals surface area contributed by atoms with Gasteiger partial charge in [0, 0.05) is 11.6 Å². The highest BCUT2D eigenvalue weighted by Gasteiger charge is 2.31. The molecule has 0 saturated carbocycles. The first-order valence-corrected chi connectivity index (χ1v) is 8.79. The average molecular weight is 360 g/mol. The van der Waals surface area contributed by atoms with Gasteiger partial charge < -0.3 is 0 Å². The highest BCUT2D eigenvalue weighted by molar-refractivity contribution is 8.26. The van der Waals surface area contributed by atoms with Gasteiger partial charge in [-0.05, 0) is 29.7 Å². The molecule has 0 N–H and O–H groups in total. The Morgan fingerprint density at radius 2 is 1.78 bits per heavy atom. The highest BCUT2D eigenvalue weighted by Crippen LogP contribution is 2.33. The summed E-state index contributed by atoms with van der Waals surface area (Å²) in [5.41, 5.74) is 2.02. The Kier molecular flexibility index (Phi) is 5.16. The number of halogens is 1. The Bertz CT molecular complexity index is 774. The lowest BCUT2D eigenvalue weighted by Gasteiger charge is -2.14. The Hall–Kier alpha value is -1.62. The summed E-state index contributed by atoms with van der Waals surface area (Å²) < 4.78 is 0.601. The molecule has 0 radical (unpaired) electrons. The van der Waals surface area contributed by atoms with E-state index in [0.717, 1.165) is 12.0 Å². The maximum atomic E-state index is 12.6. The molecule has 1 aliphatic rings. The first-order valence-electron chi connectivity index (χ1n) is 7.19. The largest absolute Gasteiger partial charge is 0.293 e. The number of amides is 1. The molecule has 0 aliphatic carbocycles. The molecule has 116 valence electrons. The minimum absolute atomic E-state index is 0.0455. The van der Waals surface area contributed by atoms with Crippen molar-refractivity contribution >= 4 is 51.9 Å². The topological polar surface area (TPSA) is 20.3 Å². The fourth-order valence-corrected chi connectivity index (χ4v) is 3.80. The van der Waals surface area contributed by atoms with E-state index in [4.69, 9.17) is 23.8 Å². The minimum atomic E-state index is -0.0455. The summed E-state index contributed by atoms with van der Waals surface area (Å²) in [5, 5.41) is 0.627. The van der Waals surface area contributed by atoms with Crippen molar-refractivity contribution in [3.05, 3.63) is 75.7 Å². The van der Waals surface area contributed by atoms with Gasteiger partial charge in [0.2, 0.25) is 0 Å². The number of thiocarbonyl (C=S) groups is 1. The second-order valence-corrected chi connectivity index (χ2v) is 7.17. The molecule has 2 aromatic rings. The molecule has 1 amide bonds. The number of hydrogen-bond donors (Lipinski definition) is 0. The van der Waals surface area contributed by atoms with Crippen LogP contribution in [0.5, 0.6) is 0 Å². The van der Waals surface area contributed by atoms with E-state index in [9.17, 15) is 4.79 Å². The van der Waals surface area contributed by atoms with Crippen LogP contribution in [0.15, 0.2) is 59.5 Å². The van der Waals surface area contributed by atoms with Crippen LogP contribution in [0.1, 0.15) is 11.1 Å². The third-order valence-electron chi connectivity index (χ3n) is 3.53. The normalized spacial score (nSPS) is 16.4. The van der Waals surface area contributed by atoms with Gasteiger partial charge in [-0.3, -0.25) is 9.69 Å². The molecule has 1 fully saturated rings. The molecule has 0 atom stereocenters. The molecule has 2 nitrogen and oxygen atoms in total. The molecular formula is C18H14ClNOS2. The number of nitrogens with zero attached hydrogens (tertiary/aromatic N) is 1. The van der Waals surface area contributed by atoms with Crippen molar-refractivity contribution in [2.24, 2.45) is 0 Å². The molecule has 5 heteroatoms. The molecule has 0 bridgehead atoms. The molecule has 0 unspecified atom stereocenters. The van der Waals surface area contributed by atoms with E-state index in [-0.39, 0.29) is 5.91 Å². The van der Waals surface area contributed by atoms with Crippen LogP contribution in [0.2, 0.25) is 5.02 Å². The van der Waals surface area contributed by atoms with Crippen LogP contribution in [0.3, 0.4) is 0 Å². The van der Waals surface area contributed by atoms with Gasteiger partial charge in [-0.15, -0.1) is 0 Å². The maximum Gasteiger partial charge on any atom is 0.266 e. The molecule has 2 aromatic carbocycles. The first-order chi connectivity index (χ1) is 11.1. The predicted octanol–water partition coefficient (Wildman–Crippen LogP) is 4.78. The Morgan fingerprint density at radius 1 is 1.09 bits per heavy atom. The fraction of sp³-hybridized carbons (Fsp3) is 0.111.